The van der Waals surface area contributed by atoms with E-state index in [0.717, 1.165) is 127 Å². The molecular formula is C58H36N2O3. The van der Waals surface area contributed by atoms with E-state index in [1.165, 1.54) is 0 Å². The van der Waals surface area contributed by atoms with E-state index in [2.05, 4.69) is 169 Å². The van der Waals surface area contributed by atoms with Crippen LogP contribution in [0.25, 0.3) is 105 Å². The number of nitrogens with one attached hydrogen (secondary N) is 1. The Morgan fingerprint density at radius 2 is 0.730 bits per heavy atom. The second-order valence-corrected chi connectivity index (χ2v) is 16.3. The third-order valence-corrected chi connectivity index (χ3v) is 12.5. The lowest BCUT2D eigenvalue weighted by molar-refractivity contribution is 0.668. The Morgan fingerprint density at radius 1 is 0.317 bits per heavy atom. The molecule has 1 unspecified atom stereocenters. The molecule has 1 aliphatic rings. The van der Waals surface area contributed by atoms with Crippen LogP contribution in [0, 0.1) is 0 Å². The first-order valence-corrected chi connectivity index (χ1v) is 21.3. The highest BCUT2D eigenvalue weighted by Gasteiger charge is 2.22. The lowest BCUT2D eigenvalue weighted by Gasteiger charge is -2.24. The molecule has 3 aromatic heterocycles. The quantitative estimate of drug-likeness (QED) is 0.182. The number of nitrogens with zero attached hydrogens (tertiary/aromatic N) is 1. The zero-order valence-electron chi connectivity index (χ0n) is 33.9. The number of hydrogen-bond donors (Lipinski definition) is 1. The fourth-order valence-corrected chi connectivity index (χ4v) is 9.36. The SMILES string of the molecule is C1=C(c2cccc(-c3ccc4oc5ccccc5c4c3)c2)NC(c2ccccc2)=NC1c1cc(-c2ccc3oc4ccccc4c3c2)cc(-c2ccc3oc4ccccc4c3c2)c1. The molecule has 0 amide bonds. The topological polar surface area (TPSA) is 63.8 Å². The molecule has 296 valence electrons. The highest BCUT2D eigenvalue weighted by atomic mass is 16.3. The van der Waals surface area contributed by atoms with Gasteiger partial charge < -0.3 is 18.6 Å². The van der Waals surface area contributed by atoms with Gasteiger partial charge in [0.25, 0.3) is 0 Å². The van der Waals surface area contributed by atoms with E-state index in [1.807, 2.05) is 42.5 Å². The van der Waals surface area contributed by atoms with Crippen molar-refractivity contribution in [3.05, 3.63) is 223 Å². The molecule has 0 spiro atoms. The van der Waals surface area contributed by atoms with E-state index in [9.17, 15) is 0 Å². The van der Waals surface area contributed by atoms with Crippen LogP contribution in [0.5, 0.6) is 0 Å². The maximum absolute atomic E-state index is 6.25. The average molecular weight is 809 g/mol. The van der Waals surface area contributed by atoms with Crippen LogP contribution < -0.4 is 5.32 Å². The van der Waals surface area contributed by atoms with Gasteiger partial charge in [-0.15, -0.1) is 0 Å². The van der Waals surface area contributed by atoms with Crippen molar-refractivity contribution in [2.75, 3.05) is 0 Å². The Kier molecular flexibility index (Phi) is 7.90. The van der Waals surface area contributed by atoms with Gasteiger partial charge in [0, 0.05) is 43.6 Å². The van der Waals surface area contributed by atoms with E-state index in [0.29, 0.717) is 0 Å². The highest BCUT2D eigenvalue weighted by molar-refractivity contribution is 6.09. The summed E-state index contributed by atoms with van der Waals surface area (Å²) in [6.07, 6.45) is 2.26. The Labute approximate surface area is 361 Å². The minimum atomic E-state index is -0.301. The van der Waals surface area contributed by atoms with E-state index in [1.54, 1.807) is 0 Å². The molecule has 13 rings (SSSR count). The molecule has 0 radical (unpaired) electrons. The first kappa shape index (κ1) is 35.4. The van der Waals surface area contributed by atoms with Gasteiger partial charge in [-0.05, 0) is 129 Å². The number of para-hydroxylation sites is 3. The predicted molar refractivity (Wildman–Crippen MR) is 258 cm³/mol. The summed E-state index contributed by atoms with van der Waals surface area (Å²) in [5.41, 5.74) is 16.1. The van der Waals surface area contributed by atoms with Gasteiger partial charge in [0.05, 0.1) is 6.04 Å². The van der Waals surface area contributed by atoms with Gasteiger partial charge in [0.1, 0.15) is 39.3 Å². The second-order valence-electron chi connectivity index (χ2n) is 16.3. The summed E-state index contributed by atoms with van der Waals surface area (Å²) in [5, 5.41) is 10.4. The number of benzene rings is 9. The number of rotatable bonds is 6. The molecule has 12 aromatic rings. The largest absolute Gasteiger partial charge is 0.456 e. The maximum atomic E-state index is 6.25. The van der Waals surface area contributed by atoms with Gasteiger partial charge in [-0.1, -0.05) is 121 Å². The zero-order chi connectivity index (χ0) is 41.4. The van der Waals surface area contributed by atoms with Gasteiger partial charge in [-0.25, -0.2) is 0 Å². The van der Waals surface area contributed by atoms with Gasteiger partial charge >= 0.3 is 0 Å². The van der Waals surface area contributed by atoms with Crippen molar-refractivity contribution in [2.45, 2.75) is 6.04 Å². The van der Waals surface area contributed by atoms with Gasteiger partial charge in [-0.2, -0.15) is 0 Å². The summed E-state index contributed by atoms with van der Waals surface area (Å²) in [6, 6.07) is 70.0. The summed E-state index contributed by atoms with van der Waals surface area (Å²) in [4.78, 5) is 5.46. The van der Waals surface area contributed by atoms with E-state index in [4.69, 9.17) is 18.2 Å². The maximum Gasteiger partial charge on any atom is 0.135 e. The van der Waals surface area contributed by atoms with Crippen LogP contribution in [-0.2, 0) is 0 Å². The Bertz CT molecular complexity index is 3710. The zero-order valence-corrected chi connectivity index (χ0v) is 33.9. The van der Waals surface area contributed by atoms with Crippen molar-refractivity contribution in [1.82, 2.24) is 5.32 Å². The molecule has 4 heterocycles. The van der Waals surface area contributed by atoms with E-state index >= 15 is 0 Å². The van der Waals surface area contributed by atoms with Crippen LogP contribution >= 0.6 is 0 Å². The Balaban J connectivity index is 0.977. The molecule has 0 saturated heterocycles. The number of furan rings is 3. The third-order valence-electron chi connectivity index (χ3n) is 12.5. The first-order chi connectivity index (χ1) is 31.1. The normalized spacial score (nSPS) is 14.2. The van der Waals surface area contributed by atoms with Crippen LogP contribution in [0.4, 0.5) is 0 Å². The molecule has 0 saturated carbocycles. The van der Waals surface area contributed by atoms with Crippen LogP contribution in [0.1, 0.15) is 22.7 Å². The van der Waals surface area contributed by atoms with Crippen LogP contribution in [0.3, 0.4) is 0 Å². The molecule has 1 aliphatic heterocycles. The highest BCUT2D eigenvalue weighted by Crippen LogP contribution is 2.40. The smallest absolute Gasteiger partial charge is 0.135 e. The molecule has 1 N–H and O–H groups in total. The summed E-state index contributed by atoms with van der Waals surface area (Å²) >= 11 is 0. The van der Waals surface area contributed by atoms with E-state index in [-0.39, 0.29) is 6.04 Å². The molecule has 0 bridgehead atoms. The van der Waals surface area contributed by atoms with Crippen molar-refractivity contribution < 1.29 is 13.3 Å². The van der Waals surface area contributed by atoms with Crippen LogP contribution in [-0.4, -0.2) is 5.84 Å². The minimum absolute atomic E-state index is 0.301. The first-order valence-electron chi connectivity index (χ1n) is 21.3. The predicted octanol–water partition coefficient (Wildman–Crippen LogP) is 15.5. The fourth-order valence-electron chi connectivity index (χ4n) is 9.36. The van der Waals surface area contributed by atoms with Crippen LogP contribution in [0.15, 0.2) is 225 Å². The summed E-state index contributed by atoms with van der Waals surface area (Å²) in [7, 11) is 0. The molecule has 5 nitrogen and oxygen atoms in total. The van der Waals surface area contributed by atoms with Gasteiger partial charge in [0.2, 0.25) is 0 Å². The lowest BCUT2D eigenvalue weighted by Crippen LogP contribution is -2.27. The number of fused-ring (bicyclic) bond motifs is 9. The molecule has 9 aromatic carbocycles. The molecule has 0 fully saturated rings. The van der Waals surface area contributed by atoms with Crippen molar-refractivity contribution in [2.24, 2.45) is 4.99 Å². The number of amidine groups is 1. The average Bonchev–Trinajstić information content (AvgIpc) is 4.04. The second kappa shape index (κ2) is 14.1. The van der Waals surface area contributed by atoms with Gasteiger partial charge in [-0.3, -0.25) is 4.99 Å². The van der Waals surface area contributed by atoms with Crippen molar-refractivity contribution in [3.63, 3.8) is 0 Å². The van der Waals surface area contributed by atoms with Crippen LogP contribution in [0.2, 0.25) is 0 Å². The summed E-state index contributed by atoms with van der Waals surface area (Å²) in [5.74, 6) is 0.819. The fraction of sp³-hybridized carbons (Fsp3) is 0.0172. The van der Waals surface area contributed by atoms with Crippen molar-refractivity contribution >= 4 is 77.3 Å². The molecular weight excluding hydrogens is 773 g/mol. The minimum Gasteiger partial charge on any atom is -0.456 e. The van der Waals surface area contributed by atoms with Crippen molar-refractivity contribution in [1.29, 1.82) is 0 Å². The standard InChI is InChI=1S/C58H36N2O3/c1-2-11-35(12-3-1)58-59-50(40-14-10-13-36(27-40)37-21-24-55-47(31-37)44-15-4-7-18-52(44)61-55)34-51(60-58)43-29-41(38-22-25-56-48(32-38)45-16-5-8-19-53(45)62-56)28-42(30-43)39-23-26-57-49(33-39)46-17-6-9-20-54(46)63-57/h1-34,51H,(H,59,60). The molecule has 63 heavy (non-hydrogen) atoms. The third kappa shape index (κ3) is 6.05. The molecule has 1 atom stereocenters. The molecule has 5 heteroatoms. The number of aliphatic imine (C=N–C) groups is 1. The van der Waals surface area contributed by atoms with Crippen molar-refractivity contribution in [3.8, 4) is 33.4 Å². The monoisotopic (exact) mass is 808 g/mol. The summed E-state index contributed by atoms with van der Waals surface area (Å²) < 4.78 is 18.7. The lowest BCUT2D eigenvalue weighted by atomic mass is 9.91. The molecule has 0 aliphatic carbocycles. The summed E-state index contributed by atoms with van der Waals surface area (Å²) in [6.45, 7) is 0. The Hall–Kier alpha value is -8.41. The Morgan fingerprint density at radius 3 is 1.27 bits per heavy atom. The van der Waals surface area contributed by atoms with E-state index < -0.39 is 0 Å². The number of hydrogen-bond acceptors (Lipinski definition) is 5. The van der Waals surface area contributed by atoms with Gasteiger partial charge in [0.15, 0.2) is 0 Å².